The molecule has 0 nitrogen and oxygen atoms in total. The maximum absolute atomic E-state index is 5.54. The van der Waals surface area contributed by atoms with E-state index in [1.54, 1.807) is 0 Å². The molecule has 0 amide bonds. The second-order valence-corrected chi connectivity index (χ2v) is 3.48. The highest BCUT2D eigenvalue weighted by Gasteiger charge is 2.25. The molecule has 1 saturated carbocycles. The van der Waals surface area contributed by atoms with Crippen LogP contribution in [-0.4, -0.2) is 5.88 Å². The lowest BCUT2D eigenvalue weighted by Crippen LogP contribution is -1.80. The molecule has 0 aliphatic heterocycles. The smallest absolute Gasteiger partial charge is 0.0223 e. The summed E-state index contributed by atoms with van der Waals surface area (Å²) in [6.45, 7) is 3.92. The Hall–Kier alpha value is 0.0300. The van der Waals surface area contributed by atoms with Crippen molar-refractivity contribution in [1.82, 2.24) is 0 Å². The van der Waals surface area contributed by atoms with Crippen molar-refractivity contribution in [2.24, 2.45) is 5.92 Å². The first-order chi connectivity index (χ1) is 4.84. The van der Waals surface area contributed by atoms with E-state index in [1.165, 1.54) is 37.7 Å². The first kappa shape index (κ1) is 8.13. The standard InChI is InChI=1S/C9H15Cl/c1-8-7-9(8)5-3-2-4-6-10/h9H,1-7H2. The molecule has 58 valence electrons. The van der Waals surface area contributed by atoms with Crippen molar-refractivity contribution >= 4 is 11.6 Å². The van der Waals surface area contributed by atoms with Gasteiger partial charge in [0.1, 0.15) is 0 Å². The Morgan fingerprint density at radius 2 is 2.10 bits per heavy atom. The topological polar surface area (TPSA) is 0 Å². The maximum Gasteiger partial charge on any atom is 0.0223 e. The van der Waals surface area contributed by atoms with E-state index in [1.807, 2.05) is 0 Å². The molecule has 0 aromatic rings. The maximum atomic E-state index is 5.54. The Morgan fingerprint density at radius 1 is 1.40 bits per heavy atom. The van der Waals surface area contributed by atoms with Crippen LogP contribution in [0, 0.1) is 5.92 Å². The molecular formula is C9H15Cl. The average Bonchev–Trinajstić information content (AvgIpc) is 2.60. The van der Waals surface area contributed by atoms with Crippen molar-refractivity contribution in [1.29, 1.82) is 0 Å². The van der Waals surface area contributed by atoms with Gasteiger partial charge in [0.25, 0.3) is 0 Å². The number of rotatable bonds is 5. The third kappa shape index (κ3) is 2.74. The molecule has 1 fully saturated rings. The summed E-state index contributed by atoms with van der Waals surface area (Å²) in [5.74, 6) is 1.71. The zero-order valence-electron chi connectivity index (χ0n) is 6.41. The van der Waals surface area contributed by atoms with E-state index in [2.05, 4.69) is 6.58 Å². The van der Waals surface area contributed by atoms with Gasteiger partial charge in [0.05, 0.1) is 0 Å². The summed E-state index contributed by atoms with van der Waals surface area (Å²) in [4.78, 5) is 0. The van der Waals surface area contributed by atoms with Crippen LogP contribution >= 0.6 is 11.6 Å². The summed E-state index contributed by atoms with van der Waals surface area (Å²) in [5, 5.41) is 0. The summed E-state index contributed by atoms with van der Waals surface area (Å²) < 4.78 is 0. The normalized spacial score (nSPS) is 23.3. The Kier molecular flexibility index (Phi) is 3.27. The summed E-state index contributed by atoms with van der Waals surface area (Å²) in [6.07, 6.45) is 6.47. The van der Waals surface area contributed by atoms with Gasteiger partial charge in [-0.3, -0.25) is 0 Å². The number of hydrogen-bond donors (Lipinski definition) is 0. The second-order valence-electron chi connectivity index (χ2n) is 3.10. The van der Waals surface area contributed by atoms with Crippen LogP contribution in [0.5, 0.6) is 0 Å². The van der Waals surface area contributed by atoms with Gasteiger partial charge in [0.15, 0.2) is 0 Å². The highest BCUT2D eigenvalue weighted by Crippen LogP contribution is 2.39. The number of unbranched alkanes of at least 4 members (excludes halogenated alkanes) is 2. The minimum atomic E-state index is 0.825. The van der Waals surface area contributed by atoms with Crippen molar-refractivity contribution in [2.75, 3.05) is 5.88 Å². The van der Waals surface area contributed by atoms with E-state index in [-0.39, 0.29) is 0 Å². The quantitative estimate of drug-likeness (QED) is 0.327. The van der Waals surface area contributed by atoms with E-state index < -0.39 is 0 Å². The van der Waals surface area contributed by atoms with Gasteiger partial charge >= 0.3 is 0 Å². The van der Waals surface area contributed by atoms with Crippen LogP contribution in [0.15, 0.2) is 12.2 Å². The van der Waals surface area contributed by atoms with Crippen LogP contribution in [0.1, 0.15) is 32.1 Å². The van der Waals surface area contributed by atoms with Crippen LogP contribution in [0.4, 0.5) is 0 Å². The molecule has 0 heterocycles. The lowest BCUT2D eigenvalue weighted by Gasteiger charge is -1.94. The van der Waals surface area contributed by atoms with E-state index in [0.29, 0.717) is 0 Å². The van der Waals surface area contributed by atoms with Crippen molar-refractivity contribution < 1.29 is 0 Å². The zero-order valence-corrected chi connectivity index (χ0v) is 7.16. The Balaban J connectivity index is 1.82. The second kappa shape index (κ2) is 4.02. The van der Waals surface area contributed by atoms with Gasteiger partial charge in [-0.25, -0.2) is 0 Å². The SMILES string of the molecule is C=C1CC1CCCCCCl. The predicted molar refractivity (Wildman–Crippen MR) is 46.4 cm³/mol. The van der Waals surface area contributed by atoms with Gasteiger partial charge in [-0.1, -0.05) is 25.0 Å². The minimum Gasteiger partial charge on any atom is -0.127 e. The number of halogens is 1. The molecule has 1 heteroatoms. The molecule has 1 rings (SSSR count). The monoisotopic (exact) mass is 158 g/mol. The Bertz CT molecular complexity index is 118. The lowest BCUT2D eigenvalue weighted by atomic mass is 10.1. The fourth-order valence-electron chi connectivity index (χ4n) is 1.23. The first-order valence-corrected chi connectivity index (χ1v) is 4.61. The molecule has 0 spiro atoms. The largest absolute Gasteiger partial charge is 0.127 e. The van der Waals surface area contributed by atoms with E-state index in [0.717, 1.165) is 11.8 Å². The predicted octanol–water partition coefficient (Wildman–Crippen LogP) is 3.36. The van der Waals surface area contributed by atoms with E-state index in [9.17, 15) is 0 Å². The molecular weight excluding hydrogens is 144 g/mol. The molecule has 1 aliphatic rings. The highest BCUT2D eigenvalue weighted by atomic mass is 35.5. The fraction of sp³-hybridized carbons (Fsp3) is 0.778. The van der Waals surface area contributed by atoms with E-state index in [4.69, 9.17) is 11.6 Å². The fourth-order valence-corrected chi connectivity index (χ4v) is 1.41. The molecule has 0 N–H and O–H groups in total. The Morgan fingerprint density at radius 3 is 2.60 bits per heavy atom. The van der Waals surface area contributed by atoms with Crippen LogP contribution in [0.3, 0.4) is 0 Å². The molecule has 0 radical (unpaired) electrons. The van der Waals surface area contributed by atoms with Gasteiger partial charge in [0.2, 0.25) is 0 Å². The highest BCUT2D eigenvalue weighted by molar-refractivity contribution is 6.17. The van der Waals surface area contributed by atoms with Crippen LogP contribution in [0.2, 0.25) is 0 Å². The molecule has 1 unspecified atom stereocenters. The van der Waals surface area contributed by atoms with Crippen molar-refractivity contribution in [2.45, 2.75) is 32.1 Å². The zero-order chi connectivity index (χ0) is 7.40. The molecule has 0 saturated heterocycles. The van der Waals surface area contributed by atoms with E-state index >= 15 is 0 Å². The van der Waals surface area contributed by atoms with Crippen LogP contribution in [0.25, 0.3) is 0 Å². The molecule has 1 atom stereocenters. The van der Waals surface area contributed by atoms with Crippen molar-refractivity contribution in [3.63, 3.8) is 0 Å². The third-order valence-electron chi connectivity index (χ3n) is 2.11. The van der Waals surface area contributed by atoms with Gasteiger partial charge in [-0.15, -0.1) is 11.6 Å². The minimum absolute atomic E-state index is 0.825. The number of allylic oxidation sites excluding steroid dienone is 1. The van der Waals surface area contributed by atoms with Gasteiger partial charge < -0.3 is 0 Å². The summed E-state index contributed by atoms with van der Waals surface area (Å²) in [6, 6.07) is 0. The number of hydrogen-bond acceptors (Lipinski definition) is 0. The summed E-state index contributed by atoms with van der Waals surface area (Å²) in [7, 11) is 0. The van der Waals surface area contributed by atoms with Gasteiger partial charge in [-0.2, -0.15) is 0 Å². The van der Waals surface area contributed by atoms with Crippen LogP contribution in [-0.2, 0) is 0 Å². The lowest BCUT2D eigenvalue weighted by molar-refractivity contribution is 0.633. The average molecular weight is 159 g/mol. The molecule has 0 bridgehead atoms. The molecule has 10 heavy (non-hydrogen) atoms. The molecule has 0 aromatic carbocycles. The first-order valence-electron chi connectivity index (χ1n) is 4.08. The molecule has 1 aliphatic carbocycles. The number of alkyl halides is 1. The summed E-state index contributed by atoms with van der Waals surface area (Å²) >= 11 is 5.54. The van der Waals surface area contributed by atoms with Gasteiger partial charge in [0, 0.05) is 5.88 Å². The third-order valence-corrected chi connectivity index (χ3v) is 2.38. The summed E-state index contributed by atoms with van der Waals surface area (Å²) in [5.41, 5.74) is 1.46. The van der Waals surface area contributed by atoms with Crippen molar-refractivity contribution in [3.8, 4) is 0 Å². The molecule has 0 aromatic heterocycles. The van der Waals surface area contributed by atoms with Crippen LogP contribution < -0.4 is 0 Å². The Labute approximate surface area is 68.3 Å². The van der Waals surface area contributed by atoms with Gasteiger partial charge in [-0.05, 0) is 25.2 Å². The van der Waals surface area contributed by atoms with Crippen molar-refractivity contribution in [3.05, 3.63) is 12.2 Å².